The van der Waals surface area contributed by atoms with E-state index < -0.39 is 6.10 Å². The van der Waals surface area contributed by atoms with Crippen LogP contribution in [0.5, 0.6) is 0 Å². The Morgan fingerprint density at radius 3 is 2.62 bits per heavy atom. The zero-order chi connectivity index (χ0) is 14.2. The summed E-state index contributed by atoms with van der Waals surface area (Å²) < 4.78 is 11.8. The fraction of sp³-hybridized carbons (Fsp3) is 0.333. The van der Waals surface area contributed by atoms with Crippen molar-refractivity contribution in [2.75, 3.05) is 6.61 Å². The molecule has 0 unspecified atom stereocenters. The number of fused-ring (bicyclic) bond motifs is 4. The van der Waals surface area contributed by atoms with Crippen molar-refractivity contribution in [1.29, 1.82) is 0 Å². The van der Waals surface area contributed by atoms with Gasteiger partial charge in [0.25, 0.3) is 0 Å². The lowest BCUT2D eigenvalue weighted by Gasteiger charge is -2.43. The van der Waals surface area contributed by atoms with E-state index in [4.69, 9.17) is 9.47 Å². The highest BCUT2D eigenvalue weighted by Gasteiger charge is 2.41. The Bertz CT molecular complexity index is 625. The molecule has 2 aliphatic heterocycles. The lowest BCUT2D eigenvalue weighted by atomic mass is 9.83. The van der Waals surface area contributed by atoms with E-state index >= 15 is 0 Å². The van der Waals surface area contributed by atoms with Crippen molar-refractivity contribution >= 4 is 0 Å². The topological polar surface area (TPSA) is 38.7 Å². The van der Waals surface area contributed by atoms with Crippen LogP contribution >= 0.6 is 0 Å². The van der Waals surface area contributed by atoms with E-state index in [9.17, 15) is 5.11 Å². The monoisotopic (exact) mass is 282 g/mol. The van der Waals surface area contributed by atoms with Crippen LogP contribution < -0.4 is 0 Å². The van der Waals surface area contributed by atoms with Gasteiger partial charge in [0, 0.05) is 12.3 Å². The minimum Gasteiger partial charge on any atom is -0.388 e. The fourth-order valence-electron chi connectivity index (χ4n) is 3.35. The maximum atomic E-state index is 10.7. The average Bonchev–Trinajstić information content (AvgIpc) is 2.55. The smallest absolute Gasteiger partial charge is 0.162 e. The molecule has 3 nitrogen and oxygen atoms in total. The zero-order valence-corrected chi connectivity index (χ0v) is 11.7. The van der Waals surface area contributed by atoms with Gasteiger partial charge in [-0.3, -0.25) is 0 Å². The Kier molecular flexibility index (Phi) is 3.26. The Hall–Kier alpha value is -1.68. The first-order valence-corrected chi connectivity index (χ1v) is 7.41. The molecular weight excluding hydrogens is 264 g/mol. The highest BCUT2D eigenvalue weighted by Crippen LogP contribution is 2.44. The lowest BCUT2D eigenvalue weighted by molar-refractivity contribution is -0.259. The van der Waals surface area contributed by atoms with Gasteiger partial charge in [-0.15, -0.1) is 0 Å². The van der Waals surface area contributed by atoms with Gasteiger partial charge in [0.05, 0.1) is 18.8 Å². The second-order valence-corrected chi connectivity index (χ2v) is 5.74. The molecule has 2 aliphatic rings. The quantitative estimate of drug-likeness (QED) is 0.920. The number of ether oxygens (including phenoxy) is 2. The SMILES string of the molecule is O[C@@H](c1ccccc1)[C@H]1CO[C@@H]2Cc3ccccc3[C@H]1O2. The van der Waals surface area contributed by atoms with E-state index in [0.717, 1.165) is 12.0 Å². The molecule has 0 radical (unpaired) electrons. The van der Waals surface area contributed by atoms with Crippen LogP contribution in [0.3, 0.4) is 0 Å². The predicted octanol–water partition coefficient (Wildman–Crippen LogP) is 3.01. The van der Waals surface area contributed by atoms with E-state index in [1.807, 2.05) is 42.5 Å². The maximum absolute atomic E-state index is 10.7. The minimum absolute atomic E-state index is 0.0786. The number of aliphatic hydroxyl groups is 1. The number of rotatable bonds is 2. The van der Waals surface area contributed by atoms with Crippen LogP contribution in [0.15, 0.2) is 54.6 Å². The van der Waals surface area contributed by atoms with Crippen LogP contribution in [0, 0.1) is 5.92 Å². The number of hydrogen-bond acceptors (Lipinski definition) is 3. The molecule has 0 amide bonds. The Morgan fingerprint density at radius 2 is 1.76 bits per heavy atom. The lowest BCUT2D eigenvalue weighted by Crippen LogP contribution is -2.42. The van der Waals surface area contributed by atoms with Gasteiger partial charge in [0.15, 0.2) is 6.29 Å². The molecule has 1 N–H and O–H groups in total. The highest BCUT2D eigenvalue weighted by atomic mass is 16.7. The van der Waals surface area contributed by atoms with Crippen LogP contribution in [-0.4, -0.2) is 18.0 Å². The molecule has 2 heterocycles. The maximum Gasteiger partial charge on any atom is 0.162 e. The summed E-state index contributed by atoms with van der Waals surface area (Å²) in [6, 6.07) is 18.0. The van der Waals surface area contributed by atoms with Crippen LogP contribution in [0.25, 0.3) is 0 Å². The number of benzene rings is 2. The molecule has 0 spiro atoms. The van der Waals surface area contributed by atoms with Crippen LogP contribution in [0.2, 0.25) is 0 Å². The number of hydrogen-bond donors (Lipinski definition) is 1. The van der Waals surface area contributed by atoms with E-state index in [0.29, 0.717) is 6.61 Å². The third kappa shape index (κ3) is 2.27. The number of aliphatic hydroxyl groups excluding tert-OH is 1. The van der Waals surface area contributed by atoms with Gasteiger partial charge in [0.2, 0.25) is 0 Å². The summed E-state index contributed by atoms with van der Waals surface area (Å²) in [4.78, 5) is 0. The summed E-state index contributed by atoms with van der Waals surface area (Å²) in [5.74, 6) is -0.0786. The molecule has 1 fully saturated rings. The predicted molar refractivity (Wildman–Crippen MR) is 78.6 cm³/mol. The Morgan fingerprint density at radius 1 is 1.00 bits per heavy atom. The normalized spacial score (nSPS) is 28.7. The fourth-order valence-corrected chi connectivity index (χ4v) is 3.35. The van der Waals surface area contributed by atoms with Gasteiger partial charge < -0.3 is 14.6 Å². The molecule has 21 heavy (non-hydrogen) atoms. The van der Waals surface area contributed by atoms with Gasteiger partial charge in [-0.1, -0.05) is 54.6 Å². The summed E-state index contributed by atoms with van der Waals surface area (Å²) in [6.07, 6.45) is -0.0581. The molecule has 108 valence electrons. The standard InChI is InChI=1S/C18H18O3/c19-17(12-6-2-1-3-7-12)15-11-20-16-10-13-8-4-5-9-14(13)18(15)21-16/h1-9,15-19H,10-11H2/t15-,16+,17+,18-/m1/s1. The molecule has 1 saturated heterocycles. The molecule has 0 aliphatic carbocycles. The van der Waals surface area contributed by atoms with Crippen molar-refractivity contribution in [2.45, 2.75) is 24.9 Å². The Balaban J connectivity index is 1.69. The third-order valence-corrected chi connectivity index (χ3v) is 4.46. The molecule has 2 bridgehead atoms. The molecule has 2 aromatic rings. The average molecular weight is 282 g/mol. The van der Waals surface area contributed by atoms with Crippen molar-refractivity contribution in [1.82, 2.24) is 0 Å². The molecular formula is C18H18O3. The largest absolute Gasteiger partial charge is 0.388 e. The van der Waals surface area contributed by atoms with Crippen LogP contribution in [-0.2, 0) is 15.9 Å². The summed E-state index contributed by atoms with van der Waals surface area (Å²) in [7, 11) is 0. The first-order chi connectivity index (χ1) is 10.3. The van der Waals surface area contributed by atoms with Crippen LogP contribution in [0.4, 0.5) is 0 Å². The zero-order valence-electron chi connectivity index (χ0n) is 11.7. The second kappa shape index (κ2) is 5.26. The minimum atomic E-state index is -0.580. The van der Waals surface area contributed by atoms with Crippen LogP contribution in [0.1, 0.15) is 28.9 Å². The molecule has 4 rings (SSSR count). The van der Waals surface area contributed by atoms with E-state index in [-0.39, 0.29) is 18.3 Å². The van der Waals surface area contributed by atoms with Crippen molar-refractivity contribution in [2.24, 2.45) is 5.92 Å². The third-order valence-electron chi connectivity index (χ3n) is 4.46. The van der Waals surface area contributed by atoms with Gasteiger partial charge in [-0.25, -0.2) is 0 Å². The highest BCUT2D eigenvalue weighted by molar-refractivity contribution is 5.33. The van der Waals surface area contributed by atoms with Gasteiger partial charge in [-0.05, 0) is 16.7 Å². The molecule has 4 atom stereocenters. The molecule has 3 heteroatoms. The van der Waals surface area contributed by atoms with E-state index in [1.54, 1.807) is 0 Å². The molecule has 2 aromatic carbocycles. The summed E-state index contributed by atoms with van der Waals surface area (Å²) in [5.41, 5.74) is 3.37. The van der Waals surface area contributed by atoms with Crippen molar-refractivity contribution in [3.8, 4) is 0 Å². The Labute approximate surface area is 124 Å². The van der Waals surface area contributed by atoms with Crippen molar-refractivity contribution in [3.05, 3.63) is 71.3 Å². The van der Waals surface area contributed by atoms with E-state index in [2.05, 4.69) is 12.1 Å². The van der Waals surface area contributed by atoms with Gasteiger partial charge >= 0.3 is 0 Å². The summed E-state index contributed by atoms with van der Waals surface area (Å²) in [5, 5.41) is 10.7. The second-order valence-electron chi connectivity index (χ2n) is 5.74. The van der Waals surface area contributed by atoms with Crippen molar-refractivity contribution in [3.63, 3.8) is 0 Å². The van der Waals surface area contributed by atoms with E-state index in [1.165, 1.54) is 11.1 Å². The van der Waals surface area contributed by atoms with Gasteiger partial charge in [-0.2, -0.15) is 0 Å². The van der Waals surface area contributed by atoms with Crippen molar-refractivity contribution < 1.29 is 14.6 Å². The van der Waals surface area contributed by atoms with Gasteiger partial charge in [0.1, 0.15) is 0 Å². The summed E-state index contributed by atoms with van der Waals surface area (Å²) in [6.45, 7) is 0.528. The molecule has 0 saturated carbocycles. The molecule has 0 aromatic heterocycles. The summed E-state index contributed by atoms with van der Waals surface area (Å²) >= 11 is 0. The first-order valence-electron chi connectivity index (χ1n) is 7.41. The first kappa shape index (κ1) is 13.0.